The molecule has 2 heterocycles. The first-order chi connectivity index (χ1) is 32.1. The van der Waals surface area contributed by atoms with Crippen LogP contribution in [0.1, 0.15) is 0 Å². The number of aromatic nitrogens is 2. The standard InChI is InChI=1S/C59H40N2.C4H6/c1-5-16-41(17-6-1)45-24-13-25-46(34-45)47-26-14-27-48(35-47)52-39-56(44-22-11-4-12-23-44)60-57(40-52)51-28-15-29-53(36-51)61-58-32-30-49(42-18-7-2-8-19-42)37-54(58)55-38-50(31-33-59(55)61)43-20-9-3-10-21-43;1-3-4-2/h1-40H;3-4H,1-2H2. The van der Waals surface area contributed by atoms with E-state index in [4.69, 9.17) is 4.98 Å². The Bertz CT molecular complexity index is 3340. The summed E-state index contributed by atoms with van der Waals surface area (Å²) < 4.78 is 2.41. The van der Waals surface area contributed by atoms with Gasteiger partial charge in [-0.15, -0.1) is 0 Å². The predicted octanol–water partition coefficient (Wildman–Crippen LogP) is 17.2. The molecule has 308 valence electrons. The number of benzene rings is 9. The van der Waals surface area contributed by atoms with Gasteiger partial charge in [-0.1, -0.05) is 207 Å². The molecule has 0 saturated heterocycles. The van der Waals surface area contributed by atoms with Crippen molar-refractivity contribution in [3.63, 3.8) is 0 Å². The molecule has 0 bridgehead atoms. The highest BCUT2D eigenvalue weighted by molar-refractivity contribution is 6.11. The third-order valence-corrected chi connectivity index (χ3v) is 11.9. The molecule has 0 fully saturated rings. The van der Waals surface area contributed by atoms with E-state index in [9.17, 15) is 0 Å². The highest BCUT2D eigenvalue weighted by atomic mass is 15.0. The topological polar surface area (TPSA) is 17.8 Å². The maximum Gasteiger partial charge on any atom is 0.0716 e. The maximum absolute atomic E-state index is 5.35. The zero-order valence-electron chi connectivity index (χ0n) is 36.1. The number of nitrogens with zero attached hydrogens (tertiary/aromatic N) is 2. The van der Waals surface area contributed by atoms with Gasteiger partial charge in [0, 0.05) is 27.6 Å². The molecule has 2 aromatic heterocycles. The Hall–Kier alpha value is -8.59. The second kappa shape index (κ2) is 18.4. The molecule has 0 radical (unpaired) electrons. The van der Waals surface area contributed by atoms with Gasteiger partial charge in [-0.3, -0.25) is 0 Å². The summed E-state index contributed by atoms with van der Waals surface area (Å²) in [5.74, 6) is 0. The average molecular weight is 831 g/mol. The summed E-state index contributed by atoms with van der Waals surface area (Å²) in [4.78, 5) is 5.35. The van der Waals surface area contributed by atoms with Gasteiger partial charge in [-0.05, 0) is 116 Å². The lowest BCUT2D eigenvalue weighted by molar-refractivity contribution is 1.18. The van der Waals surface area contributed by atoms with Crippen LogP contribution in [0.2, 0.25) is 0 Å². The van der Waals surface area contributed by atoms with Crippen molar-refractivity contribution in [1.29, 1.82) is 0 Å². The summed E-state index contributed by atoms with van der Waals surface area (Å²) in [6.07, 6.45) is 3.28. The highest BCUT2D eigenvalue weighted by Crippen LogP contribution is 2.39. The first-order valence-corrected chi connectivity index (χ1v) is 22.0. The Morgan fingerprint density at radius 2 is 0.631 bits per heavy atom. The van der Waals surface area contributed by atoms with Crippen LogP contribution < -0.4 is 0 Å². The summed E-state index contributed by atoms with van der Waals surface area (Å²) in [6, 6.07) is 87.2. The molecule has 0 unspecified atom stereocenters. The Kier molecular flexibility index (Phi) is 11.5. The zero-order chi connectivity index (χ0) is 44.0. The van der Waals surface area contributed by atoms with E-state index in [1.807, 2.05) is 0 Å². The molecule has 9 aromatic carbocycles. The Labute approximate surface area is 381 Å². The van der Waals surface area contributed by atoms with Crippen molar-refractivity contribution < 1.29 is 0 Å². The lowest BCUT2D eigenvalue weighted by Gasteiger charge is -2.14. The summed E-state index contributed by atoms with van der Waals surface area (Å²) in [6.45, 7) is 6.72. The van der Waals surface area contributed by atoms with Gasteiger partial charge in [0.15, 0.2) is 0 Å². The SMILES string of the molecule is C=CC=C.c1ccc(-c2cccc(-c3cccc(-c4cc(-c5ccccc5)nc(-c5cccc(-n6c7ccc(-c8ccccc8)cc7c7cc(-c8ccccc8)ccc76)c5)c4)c3)c2)cc1. The summed E-state index contributed by atoms with van der Waals surface area (Å²) in [7, 11) is 0. The van der Waals surface area contributed by atoms with Gasteiger partial charge in [0.1, 0.15) is 0 Å². The third kappa shape index (κ3) is 8.49. The monoisotopic (exact) mass is 830 g/mol. The molecule has 0 atom stereocenters. The van der Waals surface area contributed by atoms with Crippen molar-refractivity contribution in [2.24, 2.45) is 0 Å². The van der Waals surface area contributed by atoms with Crippen molar-refractivity contribution >= 4 is 21.8 Å². The molecule has 0 aliphatic heterocycles. The largest absolute Gasteiger partial charge is 0.309 e. The quantitative estimate of drug-likeness (QED) is 0.133. The summed E-state index contributed by atoms with van der Waals surface area (Å²) in [5, 5.41) is 2.44. The number of rotatable bonds is 9. The van der Waals surface area contributed by atoms with Gasteiger partial charge in [-0.2, -0.15) is 0 Å². The lowest BCUT2D eigenvalue weighted by atomic mass is 9.95. The normalized spacial score (nSPS) is 10.9. The van der Waals surface area contributed by atoms with Gasteiger partial charge in [0.05, 0.1) is 22.4 Å². The molecule has 0 aliphatic rings. The Morgan fingerprint density at radius 1 is 0.277 bits per heavy atom. The van der Waals surface area contributed by atoms with Crippen LogP contribution in [-0.2, 0) is 0 Å². The molecule has 0 saturated carbocycles. The minimum Gasteiger partial charge on any atom is -0.309 e. The van der Waals surface area contributed by atoms with Crippen LogP contribution in [0.5, 0.6) is 0 Å². The molecule has 2 heteroatoms. The second-order valence-corrected chi connectivity index (χ2v) is 16.1. The van der Waals surface area contributed by atoms with Crippen LogP contribution in [-0.4, -0.2) is 9.55 Å². The van der Waals surface area contributed by atoms with E-state index in [2.05, 4.69) is 260 Å². The van der Waals surface area contributed by atoms with Crippen molar-refractivity contribution in [3.05, 3.63) is 268 Å². The predicted molar refractivity (Wildman–Crippen MR) is 277 cm³/mol. The number of fused-ring (bicyclic) bond motifs is 3. The van der Waals surface area contributed by atoms with E-state index in [0.717, 1.165) is 50.4 Å². The average Bonchev–Trinajstić information content (AvgIpc) is 3.73. The van der Waals surface area contributed by atoms with Crippen LogP contribution in [0.4, 0.5) is 0 Å². The summed E-state index contributed by atoms with van der Waals surface area (Å²) in [5.41, 5.74) is 19.3. The zero-order valence-corrected chi connectivity index (χ0v) is 36.1. The second-order valence-electron chi connectivity index (χ2n) is 16.1. The third-order valence-electron chi connectivity index (χ3n) is 11.9. The fourth-order valence-electron chi connectivity index (χ4n) is 8.72. The number of hydrogen-bond acceptors (Lipinski definition) is 1. The Balaban J connectivity index is 0.00000120. The van der Waals surface area contributed by atoms with Gasteiger partial charge in [0.2, 0.25) is 0 Å². The number of allylic oxidation sites excluding steroid dienone is 2. The van der Waals surface area contributed by atoms with Gasteiger partial charge in [0.25, 0.3) is 0 Å². The van der Waals surface area contributed by atoms with E-state index in [1.54, 1.807) is 12.2 Å². The van der Waals surface area contributed by atoms with Crippen LogP contribution in [0.3, 0.4) is 0 Å². The first kappa shape index (κ1) is 40.5. The lowest BCUT2D eigenvalue weighted by Crippen LogP contribution is -1.96. The van der Waals surface area contributed by atoms with Crippen molar-refractivity contribution in [2.45, 2.75) is 0 Å². The molecule has 0 aliphatic carbocycles. The van der Waals surface area contributed by atoms with Crippen LogP contribution >= 0.6 is 0 Å². The van der Waals surface area contributed by atoms with Crippen molar-refractivity contribution in [3.8, 4) is 83.8 Å². The molecule has 65 heavy (non-hydrogen) atoms. The van der Waals surface area contributed by atoms with E-state index in [0.29, 0.717) is 0 Å². The van der Waals surface area contributed by atoms with E-state index >= 15 is 0 Å². The Morgan fingerprint density at radius 3 is 1.09 bits per heavy atom. The van der Waals surface area contributed by atoms with Crippen LogP contribution in [0.25, 0.3) is 106 Å². The molecule has 0 N–H and O–H groups in total. The van der Waals surface area contributed by atoms with Crippen molar-refractivity contribution in [1.82, 2.24) is 9.55 Å². The van der Waals surface area contributed by atoms with Crippen molar-refractivity contribution in [2.75, 3.05) is 0 Å². The minimum absolute atomic E-state index is 0.924. The van der Waals surface area contributed by atoms with E-state index in [1.165, 1.54) is 55.3 Å². The van der Waals surface area contributed by atoms with Crippen LogP contribution in [0, 0.1) is 0 Å². The van der Waals surface area contributed by atoms with Gasteiger partial charge < -0.3 is 4.57 Å². The molecule has 0 amide bonds. The molecular formula is C63H46N2. The van der Waals surface area contributed by atoms with Gasteiger partial charge in [-0.25, -0.2) is 4.98 Å². The molecule has 0 spiro atoms. The number of hydrogen-bond donors (Lipinski definition) is 0. The molecule has 2 nitrogen and oxygen atoms in total. The minimum atomic E-state index is 0.924. The molecular weight excluding hydrogens is 785 g/mol. The van der Waals surface area contributed by atoms with E-state index < -0.39 is 0 Å². The highest BCUT2D eigenvalue weighted by Gasteiger charge is 2.17. The van der Waals surface area contributed by atoms with E-state index in [-0.39, 0.29) is 0 Å². The molecule has 11 rings (SSSR count). The fourth-order valence-corrected chi connectivity index (χ4v) is 8.72. The number of pyridine rings is 1. The first-order valence-electron chi connectivity index (χ1n) is 22.0. The van der Waals surface area contributed by atoms with Gasteiger partial charge >= 0.3 is 0 Å². The van der Waals surface area contributed by atoms with Crippen LogP contribution in [0.15, 0.2) is 268 Å². The molecule has 11 aromatic rings. The maximum atomic E-state index is 5.35. The summed E-state index contributed by atoms with van der Waals surface area (Å²) >= 11 is 0. The smallest absolute Gasteiger partial charge is 0.0716 e. The fraction of sp³-hybridized carbons (Fsp3) is 0.